The molecule has 37 heavy (non-hydrogen) atoms. The molecule has 2 aliphatic heterocycles. The van der Waals surface area contributed by atoms with Gasteiger partial charge in [0.2, 0.25) is 11.8 Å². The maximum absolute atomic E-state index is 13.1. The van der Waals surface area contributed by atoms with Crippen LogP contribution in [0.25, 0.3) is 0 Å². The van der Waals surface area contributed by atoms with Gasteiger partial charge in [-0.25, -0.2) is 0 Å². The van der Waals surface area contributed by atoms with Gasteiger partial charge >= 0.3 is 0 Å². The van der Waals surface area contributed by atoms with Crippen LogP contribution >= 0.6 is 23.2 Å². The zero-order chi connectivity index (χ0) is 27.1. The molecular weight excluding hydrogens is 515 g/mol. The van der Waals surface area contributed by atoms with E-state index in [4.69, 9.17) is 27.9 Å². The van der Waals surface area contributed by atoms with Crippen LogP contribution in [0.15, 0.2) is 18.2 Å². The lowest BCUT2D eigenvalue weighted by molar-refractivity contribution is -0.137. The van der Waals surface area contributed by atoms with E-state index in [2.05, 4.69) is 30.6 Å². The molecule has 3 amide bonds. The summed E-state index contributed by atoms with van der Waals surface area (Å²) in [5.74, 6) is -0.0260. The molecule has 0 unspecified atom stereocenters. The van der Waals surface area contributed by atoms with Crippen LogP contribution in [0.5, 0.6) is 5.75 Å². The molecular formula is C27H34Cl2N4O4. The van der Waals surface area contributed by atoms with Gasteiger partial charge in [-0.05, 0) is 68.6 Å². The average Bonchev–Trinajstić information content (AvgIpc) is 3.13. The van der Waals surface area contributed by atoms with Crippen LogP contribution in [0.2, 0.25) is 10.0 Å². The van der Waals surface area contributed by atoms with E-state index in [1.807, 2.05) is 13.8 Å². The second-order valence-corrected chi connectivity index (χ2v) is 12.6. The maximum atomic E-state index is 13.1. The zero-order valence-corrected chi connectivity index (χ0v) is 23.2. The Morgan fingerprint density at radius 1 is 1.30 bits per heavy atom. The van der Waals surface area contributed by atoms with E-state index in [0.29, 0.717) is 34.7 Å². The van der Waals surface area contributed by atoms with Crippen molar-refractivity contribution in [1.82, 2.24) is 15.5 Å². The molecule has 2 N–H and O–H groups in total. The van der Waals surface area contributed by atoms with E-state index in [1.165, 1.54) is 0 Å². The van der Waals surface area contributed by atoms with Crippen LogP contribution in [0.4, 0.5) is 0 Å². The standard InChI is InChI=1S/C27H34Cl2N4O4/c1-26(2)8-7-15(25(36)32-26)9-17(12-30)31-22(34)11-20-24-18(27(24,3)4)13-33(20)23(35)14-37-21-6-5-16(28)10-19(21)29/h5-6,10,15,17-18,20,24H,7-9,11,13-14H2,1-4H3,(H,31,34)(H,32,36)/t15-,17-,18-,20+,24-/m0/s1. The summed E-state index contributed by atoms with van der Waals surface area (Å²) in [4.78, 5) is 40.3. The molecule has 0 spiro atoms. The van der Waals surface area contributed by atoms with Crippen molar-refractivity contribution in [2.45, 2.75) is 71.0 Å². The predicted octanol–water partition coefficient (Wildman–Crippen LogP) is 3.95. The molecule has 10 heteroatoms. The lowest BCUT2D eigenvalue weighted by Gasteiger charge is -2.35. The second kappa shape index (κ2) is 10.3. The van der Waals surface area contributed by atoms with Crippen LogP contribution in [0.1, 0.15) is 53.4 Å². The summed E-state index contributed by atoms with van der Waals surface area (Å²) in [6.45, 7) is 8.61. The second-order valence-electron chi connectivity index (χ2n) is 11.7. The molecule has 0 bridgehead atoms. The first-order chi connectivity index (χ1) is 17.3. The van der Waals surface area contributed by atoms with Crippen molar-refractivity contribution in [3.63, 3.8) is 0 Å². The number of rotatable bonds is 8. The summed E-state index contributed by atoms with van der Waals surface area (Å²) < 4.78 is 5.65. The molecule has 1 saturated carbocycles. The van der Waals surface area contributed by atoms with Crippen LogP contribution in [0.3, 0.4) is 0 Å². The van der Waals surface area contributed by atoms with E-state index in [1.54, 1.807) is 23.1 Å². The van der Waals surface area contributed by atoms with E-state index >= 15 is 0 Å². The molecule has 0 aromatic heterocycles. The largest absolute Gasteiger partial charge is 0.482 e. The topological polar surface area (TPSA) is 112 Å². The number of benzene rings is 1. The number of nitriles is 1. The Hall–Kier alpha value is -2.50. The van der Waals surface area contributed by atoms with Crippen molar-refractivity contribution in [3.8, 4) is 11.8 Å². The maximum Gasteiger partial charge on any atom is 0.260 e. The Bertz CT molecular complexity index is 1130. The summed E-state index contributed by atoms with van der Waals surface area (Å²) in [5, 5.41) is 16.2. The summed E-state index contributed by atoms with van der Waals surface area (Å²) in [5.41, 5.74) is -0.211. The fourth-order valence-electron chi connectivity index (χ4n) is 6.04. The Morgan fingerprint density at radius 3 is 2.68 bits per heavy atom. The van der Waals surface area contributed by atoms with E-state index in [0.717, 1.165) is 6.42 Å². The Morgan fingerprint density at radius 2 is 2.03 bits per heavy atom. The molecule has 8 nitrogen and oxygen atoms in total. The summed E-state index contributed by atoms with van der Waals surface area (Å²) in [6, 6.07) is 5.88. The Kier molecular flexibility index (Phi) is 7.69. The molecule has 2 heterocycles. The third-order valence-corrected chi connectivity index (χ3v) is 8.80. The fraction of sp³-hybridized carbons (Fsp3) is 0.630. The average molecular weight is 549 g/mol. The van der Waals surface area contributed by atoms with Crippen molar-refractivity contribution in [3.05, 3.63) is 28.2 Å². The number of nitrogens with zero attached hydrogens (tertiary/aromatic N) is 2. The number of ether oxygens (including phenoxy) is 1. The molecule has 0 radical (unpaired) electrons. The van der Waals surface area contributed by atoms with Crippen molar-refractivity contribution in [2.24, 2.45) is 23.2 Å². The third kappa shape index (κ3) is 5.99. The van der Waals surface area contributed by atoms with Gasteiger partial charge in [0.1, 0.15) is 11.8 Å². The first kappa shape index (κ1) is 27.5. The Labute approximate surface area is 228 Å². The lowest BCUT2D eigenvalue weighted by Crippen LogP contribution is -2.52. The zero-order valence-electron chi connectivity index (χ0n) is 21.6. The van der Waals surface area contributed by atoms with Crippen LogP contribution in [0, 0.1) is 34.5 Å². The first-order valence-electron chi connectivity index (χ1n) is 12.7. The number of fused-ring (bicyclic) bond motifs is 1. The number of carbonyl (C=O) groups excluding carboxylic acids is 3. The minimum Gasteiger partial charge on any atom is -0.482 e. The van der Waals surface area contributed by atoms with Gasteiger partial charge in [-0.2, -0.15) is 5.26 Å². The van der Waals surface area contributed by atoms with E-state index in [9.17, 15) is 19.6 Å². The van der Waals surface area contributed by atoms with Gasteiger partial charge in [-0.3, -0.25) is 14.4 Å². The molecule has 2 saturated heterocycles. The molecule has 1 aromatic rings. The number of piperidine rings is 2. The quantitative estimate of drug-likeness (QED) is 0.510. The highest BCUT2D eigenvalue weighted by atomic mass is 35.5. The van der Waals surface area contributed by atoms with Gasteiger partial charge in [0.15, 0.2) is 6.61 Å². The summed E-state index contributed by atoms with van der Waals surface area (Å²) in [6.07, 6.45) is 1.86. The summed E-state index contributed by atoms with van der Waals surface area (Å²) in [7, 11) is 0. The van der Waals surface area contributed by atoms with E-state index in [-0.39, 0.29) is 66.0 Å². The highest BCUT2D eigenvalue weighted by Gasteiger charge is 2.67. The van der Waals surface area contributed by atoms with Crippen molar-refractivity contribution >= 4 is 40.9 Å². The van der Waals surface area contributed by atoms with Crippen LogP contribution < -0.4 is 15.4 Å². The van der Waals surface area contributed by atoms with Crippen LogP contribution in [-0.2, 0) is 14.4 Å². The molecule has 1 aromatic carbocycles. The minimum atomic E-state index is -0.770. The number of carbonyl (C=O) groups is 3. The van der Waals surface area contributed by atoms with Gasteiger partial charge in [0, 0.05) is 35.5 Å². The normalized spacial score (nSPS) is 27.9. The highest BCUT2D eigenvalue weighted by Crippen LogP contribution is 2.65. The highest BCUT2D eigenvalue weighted by molar-refractivity contribution is 6.35. The smallest absolute Gasteiger partial charge is 0.260 e. The first-order valence-corrected chi connectivity index (χ1v) is 13.5. The molecule has 200 valence electrons. The molecule has 5 atom stereocenters. The molecule has 4 rings (SSSR count). The van der Waals surface area contributed by atoms with Crippen molar-refractivity contribution < 1.29 is 19.1 Å². The van der Waals surface area contributed by atoms with E-state index < -0.39 is 6.04 Å². The van der Waals surface area contributed by atoms with Gasteiger partial charge in [0.25, 0.3) is 5.91 Å². The number of amides is 3. The van der Waals surface area contributed by atoms with Gasteiger partial charge in [0.05, 0.1) is 11.1 Å². The van der Waals surface area contributed by atoms with Crippen LogP contribution in [-0.4, -0.2) is 53.4 Å². The van der Waals surface area contributed by atoms with Gasteiger partial charge < -0.3 is 20.3 Å². The SMILES string of the molecule is CC1(C)CC[C@@H](C[C@@H](C#N)NC(=O)C[C@@H]2[C@@H]3[C@H](CN2C(=O)COc2ccc(Cl)cc2Cl)C3(C)C)C(=O)N1. The molecule has 1 aliphatic carbocycles. The van der Waals surface area contributed by atoms with Crippen molar-refractivity contribution in [1.29, 1.82) is 5.26 Å². The van der Waals surface area contributed by atoms with Gasteiger partial charge in [-0.1, -0.05) is 37.0 Å². The van der Waals surface area contributed by atoms with Crippen molar-refractivity contribution in [2.75, 3.05) is 13.2 Å². The summed E-state index contributed by atoms with van der Waals surface area (Å²) >= 11 is 12.1. The predicted molar refractivity (Wildman–Crippen MR) is 140 cm³/mol. The Balaban J connectivity index is 1.35. The number of hydrogen-bond acceptors (Lipinski definition) is 5. The number of halogens is 2. The lowest BCUT2D eigenvalue weighted by atomic mass is 9.83. The third-order valence-electron chi connectivity index (χ3n) is 8.27. The number of hydrogen-bond donors (Lipinski definition) is 2. The molecule has 3 fully saturated rings. The minimum absolute atomic E-state index is 0.0453. The monoisotopic (exact) mass is 548 g/mol. The number of likely N-dealkylation sites (tertiary alicyclic amines) is 1. The molecule has 3 aliphatic rings. The fourth-order valence-corrected chi connectivity index (χ4v) is 6.50. The number of nitrogens with one attached hydrogen (secondary N) is 2. The van der Waals surface area contributed by atoms with Gasteiger partial charge in [-0.15, -0.1) is 0 Å².